The molecule has 1 aliphatic rings. The summed E-state index contributed by atoms with van der Waals surface area (Å²) < 4.78 is 0. The summed E-state index contributed by atoms with van der Waals surface area (Å²) in [6.45, 7) is 1.49. The van der Waals surface area contributed by atoms with Crippen LogP contribution < -0.4 is 5.32 Å². The van der Waals surface area contributed by atoms with Crippen molar-refractivity contribution < 1.29 is 14.7 Å². The van der Waals surface area contributed by atoms with E-state index in [4.69, 9.17) is 5.11 Å². The maximum atomic E-state index is 11.7. The van der Waals surface area contributed by atoms with Crippen LogP contribution in [0.1, 0.15) is 12.5 Å². The molecule has 7 heteroatoms. The number of carboxylic acid groups (broad SMARTS) is 1. The first-order valence-electron chi connectivity index (χ1n) is 6.61. The predicted octanol–water partition coefficient (Wildman–Crippen LogP) is 1.99. The molecule has 1 aromatic carbocycles. The van der Waals surface area contributed by atoms with Crippen LogP contribution >= 0.6 is 11.8 Å². The topological polar surface area (TPSA) is 91.1 Å². The molecule has 1 heterocycles. The van der Waals surface area contributed by atoms with Crippen molar-refractivity contribution in [2.75, 3.05) is 0 Å². The summed E-state index contributed by atoms with van der Waals surface area (Å²) in [5.41, 5.74) is 1.04. The summed E-state index contributed by atoms with van der Waals surface area (Å²) in [6.07, 6.45) is 5.11. The molecule has 2 atom stereocenters. The second kappa shape index (κ2) is 7.56. The number of rotatable bonds is 5. The van der Waals surface area contributed by atoms with Gasteiger partial charge in [0.15, 0.2) is 5.17 Å². The molecule has 0 bridgehead atoms. The Morgan fingerprint density at radius 2 is 2.14 bits per heavy atom. The van der Waals surface area contributed by atoms with Crippen LogP contribution in [0.5, 0.6) is 0 Å². The van der Waals surface area contributed by atoms with Gasteiger partial charge >= 0.3 is 5.97 Å². The molecule has 0 aromatic heterocycles. The van der Waals surface area contributed by atoms with Crippen molar-refractivity contribution in [3.05, 3.63) is 42.0 Å². The van der Waals surface area contributed by atoms with Crippen LogP contribution in [0, 0.1) is 5.92 Å². The molecule has 1 fully saturated rings. The van der Waals surface area contributed by atoms with Crippen LogP contribution in [0.4, 0.5) is 0 Å². The molecule has 0 aliphatic carbocycles. The summed E-state index contributed by atoms with van der Waals surface area (Å²) >= 11 is 1.08. The number of hydrogen-bond acceptors (Lipinski definition) is 5. The molecule has 0 radical (unpaired) electrons. The number of thioether (sulfide) groups is 1. The predicted molar refractivity (Wildman–Crippen MR) is 87.7 cm³/mol. The fourth-order valence-electron chi connectivity index (χ4n) is 1.73. The van der Waals surface area contributed by atoms with Crippen molar-refractivity contribution in [2.24, 2.45) is 16.1 Å². The van der Waals surface area contributed by atoms with Crippen molar-refractivity contribution in [3.8, 4) is 0 Å². The zero-order valence-corrected chi connectivity index (χ0v) is 12.7. The number of hydrogen-bond donors (Lipinski definition) is 2. The average molecular weight is 317 g/mol. The van der Waals surface area contributed by atoms with Crippen molar-refractivity contribution >= 4 is 41.1 Å². The van der Waals surface area contributed by atoms with Crippen molar-refractivity contribution in [1.29, 1.82) is 0 Å². The lowest BCUT2D eigenvalue weighted by Gasteiger charge is -2.08. The minimum Gasteiger partial charge on any atom is -0.481 e. The van der Waals surface area contributed by atoms with E-state index in [0.717, 1.165) is 17.3 Å². The summed E-state index contributed by atoms with van der Waals surface area (Å²) in [5.74, 6) is -2.14. The highest BCUT2D eigenvalue weighted by Gasteiger charge is 2.38. The number of amidine groups is 1. The molecule has 1 aromatic rings. The largest absolute Gasteiger partial charge is 0.481 e. The Labute approximate surface area is 132 Å². The van der Waals surface area contributed by atoms with Crippen molar-refractivity contribution in [2.45, 2.75) is 12.2 Å². The number of nitrogens with zero attached hydrogens (tertiary/aromatic N) is 2. The molecule has 2 N–H and O–H groups in total. The van der Waals surface area contributed by atoms with Crippen LogP contribution in [0.3, 0.4) is 0 Å². The van der Waals surface area contributed by atoms with Crippen molar-refractivity contribution in [3.63, 3.8) is 0 Å². The van der Waals surface area contributed by atoms with Crippen LogP contribution in [-0.4, -0.2) is 33.6 Å². The van der Waals surface area contributed by atoms with Crippen LogP contribution in [-0.2, 0) is 9.59 Å². The Bertz CT molecular complexity index is 641. The Balaban J connectivity index is 1.92. The Kier molecular flexibility index (Phi) is 5.48. The van der Waals surface area contributed by atoms with E-state index in [1.165, 1.54) is 13.1 Å². The first-order chi connectivity index (χ1) is 10.6. The minimum absolute atomic E-state index is 0.312. The number of benzene rings is 1. The van der Waals surface area contributed by atoms with E-state index < -0.39 is 17.1 Å². The highest BCUT2D eigenvalue weighted by Crippen LogP contribution is 2.26. The SMILES string of the molecule is C[C@@H](C(=O)O)[C@@H]1S\C(=N/N=C\C=C\c2ccccc2)NC1=O. The molecule has 0 spiro atoms. The number of amides is 1. The molecule has 1 saturated heterocycles. The lowest BCUT2D eigenvalue weighted by molar-refractivity contribution is -0.142. The van der Waals surface area contributed by atoms with Gasteiger partial charge in [-0.2, -0.15) is 5.10 Å². The summed E-state index contributed by atoms with van der Waals surface area (Å²) in [6, 6.07) is 9.73. The van der Waals surface area contributed by atoms with Gasteiger partial charge in [-0.05, 0) is 11.6 Å². The molecular formula is C15H15N3O3S. The average Bonchev–Trinajstić information content (AvgIpc) is 2.88. The lowest BCUT2D eigenvalue weighted by atomic mass is 10.1. The van der Waals surface area contributed by atoms with Gasteiger partial charge in [-0.1, -0.05) is 55.1 Å². The summed E-state index contributed by atoms with van der Waals surface area (Å²) in [7, 11) is 0. The van der Waals surface area contributed by atoms with Crippen LogP contribution in [0.25, 0.3) is 6.08 Å². The molecule has 2 rings (SSSR count). The molecular weight excluding hydrogens is 302 g/mol. The highest BCUT2D eigenvalue weighted by atomic mass is 32.2. The van der Waals surface area contributed by atoms with E-state index in [9.17, 15) is 9.59 Å². The summed E-state index contributed by atoms with van der Waals surface area (Å²) in [5, 5.41) is 18.8. The van der Waals surface area contributed by atoms with Gasteiger partial charge in [0.1, 0.15) is 5.25 Å². The van der Waals surface area contributed by atoms with E-state index >= 15 is 0 Å². The number of carbonyl (C=O) groups excluding carboxylic acids is 1. The molecule has 1 amide bonds. The first-order valence-corrected chi connectivity index (χ1v) is 7.49. The standard InChI is InChI=1S/C15H15N3O3S/c1-10(14(20)21)12-13(19)17-15(22-12)18-16-9-5-8-11-6-3-2-4-7-11/h2-10,12H,1H3,(H,20,21)(H,17,18,19)/b8-5+,16-9-/t10-,12+/m1/s1. The van der Waals surface area contributed by atoms with E-state index in [0.29, 0.717) is 5.17 Å². The number of carbonyl (C=O) groups is 2. The van der Waals surface area contributed by atoms with Gasteiger partial charge in [0.2, 0.25) is 5.91 Å². The molecule has 0 saturated carbocycles. The first kappa shape index (κ1) is 16.0. The van der Waals surface area contributed by atoms with Gasteiger partial charge in [-0.25, -0.2) is 0 Å². The van der Waals surface area contributed by atoms with Gasteiger partial charge in [-0.15, -0.1) is 5.10 Å². The molecule has 1 aliphatic heterocycles. The zero-order valence-electron chi connectivity index (χ0n) is 11.8. The maximum absolute atomic E-state index is 11.7. The molecule has 114 valence electrons. The van der Waals surface area contributed by atoms with Gasteiger partial charge < -0.3 is 10.4 Å². The van der Waals surface area contributed by atoms with E-state index in [2.05, 4.69) is 15.5 Å². The normalized spacial score (nSPS) is 21.6. The third-order valence-corrected chi connectivity index (χ3v) is 4.24. The van der Waals surface area contributed by atoms with Gasteiger partial charge in [0, 0.05) is 6.21 Å². The third-order valence-electron chi connectivity index (χ3n) is 2.96. The smallest absolute Gasteiger partial charge is 0.307 e. The maximum Gasteiger partial charge on any atom is 0.307 e. The van der Waals surface area contributed by atoms with Gasteiger partial charge in [-0.3, -0.25) is 9.59 Å². The minimum atomic E-state index is -1.01. The van der Waals surface area contributed by atoms with Gasteiger partial charge in [0.25, 0.3) is 0 Å². The monoisotopic (exact) mass is 317 g/mol. The summed E-state index contributed by atoms with van der Waals surface area (Å²) in [4.78, 5) is 22.6. The van der Waals surface area contributed by atoms with E-state index in [-0.39, 0.29) is 5.91 Å². The number of nitrogens with one attached hydrogen (secondary N) is 1. The molecule has 6 nitrogen and oxygen atoms in total. The van der Waals surface area contributed by atoms with Gasteiger partial charge in [0.05, 0.1) is 5.92 Å². The number of aliphatic carboxylic acids is 1. The Morgan fingerprint density at radius 3 is 2.82 bits per heavy atom. The fourth-order valence-corrected chi connectivity index (χ4v) is 2.71. The van der Waals surface area contributed by atoms with E-state index in [1.807, 2.05) is 36.4 Å². The quantitative estimate of drug-likeness (QED) is 0.642. The second-order valence-electron chi connectivity index (χ2n) is 4.59. The highest BCUT2D eigenvalue weighted by molar-refractivity contribution is 8.15. The second-order valence-corrected chi connectivity index (χ2v) is 5.72. The zero-order chi connectivity index (χ0) is 15.9. The molecule has 22 heavy (non-hydrogen) atoms. The van der Waals surface area contributed by atoms with Crippen molar-refractivity contribution in [1.82, 2.24) is 5.32 Å². The Morgan fingerprint density at radius 1 is 1.41 bits per heavy atom. The number of allylic oxidation sites excluding steroid dienone is 1. The molecule has 0 unspecified atom stereocenters. The van der Waals surface area contributed by atoms with Crippen LogP contribution in [0.2, 0.25) is 0 Å². The third kappa shape index (κ3) is 4.29. The lowest BCUT2D eigenvalue weighted by Crippen LogP contribution is -2.32. The Hall–Kier alpha value is -2.41. The van der Waals surface area contributed by atoms with Crippen LogP contribution in [0.15, 0.2) is 46.6 Å². The fraction of sp³-hybridized carbons (Fsp3) is 0.200. The van der Waals surface area contributed by atoms with E-state index in [1.54, 1.807) is 6.08 Å². The number of carboxylic acids is 1.